The number of phosphoric ester groups is 1. The smallest absolute Gasteiger partial charge is 0.458 e. The molecule has 0 aliphatic carbocycles. The summed E-state index contributed by atoms with van der Waals surface area (Å²) in [6, 6.07) is 9.71. The second kappa shape index (κ2) is 26.0. The fourth-order valence-corrected chi connectivity index (χ4v) is 7.68. The van der Waals surface area contributed by atoms with E-state index in [0.29, 0.717) is 16.7 Å². The lowest BCUT2D eigenvalue weighted by Gasteiger charge is -2.29. The van der Waals surface area contributed by atoms with Crippen molar-refractivity contribution < 1.29 is 75.3 Å². The second-order valence-electron chi connectivity index (χ2n) is 15.4. The zero-order valence-electron chi connectivity index (χ0n) is 39.1. The highest BCUT2D eigenvalue weighted by atomic mass is 31.2. The van der Waals surface area contributed by atoms with E-state index in [9.17, 15) is 28.8 Å². The van der Waals surface area contributed by atoms with Gasteiger partial charge in [-0.05, 0) is 51.1 Å². The van der Waals surface area contributed by atoms with Gasteiger partial charge in [0.2, 0.25) is 0 Å². The lowest BCUT2D eigenvalue weighted by atomic mass is 9.96. The van der Waals surface area contributed by atoms with Crippen LogP contribution in [0.15, 0.2) is 112 Å². The van der Waals surface area contributed by atoms with Gasteiger partial charge in [-0.25, -0.2) is 28.8 Å². The summed E-state index contributed by atoms with van der Waals surface area (Å²) in [5, 5.41) is 0. The first-order valence-electron chi connectivity index (χ1n) is 21.1. The van der Waals surface area contributed by atoms with Crippen LogP contribution in [0.25, 0.3) is 0 Å². The van der Waals surface area contributed by atoms with Gasteiger partial charge in [0, 0.05) is 53.1 Å². The summed E-state index contributed by atoms with van der Waals surface area (Å²) < 4.78 is 69.1. The first-order chi connectivity index (χ1) is 32.3. The zero-order chi connectivity index (χ0) is 50.7. The first-order valence-corrected chi connectivity index (χ1v) is 22.6. The maximum Gasteiger partial charge on any atom is 0.647 e. The van der Waals surface area contributed by atoms with E-state index in [1.807, 2.05) is 0 Å². The summed E-state index contributed by atoms with van der Waals surface area (Å²) >= 11 is 0. The predicted molar refractivity (Wildman–Crippen MR) is 251 cm³/mol. The van der Waals surface area contributed by atoms with E-state index < -0.39 is 101 Å². The van der Waals surface area contributed by atoms with Crippen LogP contribution in [0.2, 0.25) is 0 Å². The molecule has 3 aromatic rings. The Morgan fingerprint density at radius 3 is 0.794 bits per heavy atom. The normalized spacial score (nSPS) is 10.8. The van der Waals surface area contributed by atoms with E-state index in [1.54, 1.807) is 77.9 Å². The lowest BCUT2D eigenvalue weighted by Crippen LogP contribution is -2.17. The molecule has 0 spiro atoms. The number of esters is 6. The van der Waals surface area contributed by atoms with E-state index in [-0.39, 0.29) is 50.6 Å². The van der Waals surface area contributed by atoms with Crippen LogP contribution in [0.1, 0.15) is 109 Å². The van der Waals surface area contributed by atoms with Crippen LogP contribution < -0.4 is 13.6 Å². The van der Waals surface area contributed by atoms with Crippen molar-refractivity contribution in [2.75, 3.05) is 0 Å². The van der Waals surface area contributed by atoms with E-state index in [4.69, 9.17) is 42.0 Å². The largest absolute Gasteiger partial charge is 0.647 e. The van der Waals surface area contributed by atoms with Crippen molar-refractivity contribution in [2.45, 2.75) is 98.9 Å². The van der Waals surface area contributed by atoms with E-state index in [0.717, 1.165) is 36.5 Å². The number of rotatable bonds is 27. The number of hydrogen-bond acceptors (Lipinski definition) is 16. The molecule has 0 N–H and O–H groups in total. The van der Waals surface area contributed by atoms with Crippen molar-refractivity contribution in [3.05, 3.63) is 162 Å². The summed E-state index contributed by atoms with van der Waals surface area (Å²) in [7, 11) is -5.37. The quantitative estimate of drug-likeness (QED) is 0.0302. The van der Waals surface area contributed by atoms with Gasteiger partial charge in [0.05, 0.1) is 0 Å². The number of benzene rings is 3. The maximum atomic E-state index is 16.4. The predicted octanol–water partition coefficient (Wildman–Crippen LogP) is 10.1. The Labute approximate surface area is 396 Å². The Morgan fingerprint density at radius 2 is 0.603 bits per heavy atom. The Balaban J connectivity index is 2.63. The third-order valence-electron chi connectivity index (χ3n) is 9.83. The Bertz CT molecular complexity index is 2230. The second-order valence-corrected chi connectivity index (χ2v) is 16.9. The number of hydrogen-bond donors (Lipinski definition) is 0. The van der Waals surface area contributed by atoms with Crippen molar-refractivity contribution in [2.24, 2.45) is 0 Å². The van der Waals surface area contributed by atoms with Crippen molar-refractivity contribution in [1.29, 1.82) is 0 Å². The van der Waals surface area contributed by atoms with Crippen LogP contribution in [0.3, 0.4) is 0 Å². The molecule has 0 fully saturated rings. The molecule has 68 heavy (non-hydrogen) atoms. The topological polar surface area (TPSA) is 203 Å². The molecule has 0 aliphatic rings. The molecule has 0 atom stereocenters. The highest BCUT2D eigenvalue weighted by Crippen LogP contribution is 2.56. The Kier molecular flexibility index (Phi) is 21.0. The monoisotopic (exact) mass is 956 g/mol. The van der Waals surface area contributed by atoms with Crippen LogP contribution >= 0.6 is 7.82 Å². The van der Waals surface area contributed by atoms with Crippen molar-refractivity contribution >= 4 is 43.6 Å². The van der Waals surface area contributed by atoms with Crippen LogP contribution in [0.4, 0.5) is 0 Å². The third-order valence-corrected chi connectivity index (χ3v) is 11.0. The molecule has 0 saturated carbocycles. The average molecular weight is 957 g/mol. The summed E-state index contributed by atoms with van der Waals surface area (Å²) in [4.78, 5) is 74.8. The molecule has 0 bridgehead atoms. The minimum Gasteiger partial charge on any atom is -0.458 e. The number of ether oxygens (including phenoxy) is 6. The molecular formula is C51H57O16P. The molecule has 17 heteroatoms. The summed E-state index contributed by atoms with van der Waals surface area (Å²) in [6.07, 6.45) is 5.67. The highest BCUT2D eigenvalue weighted by molar-refractivity contribution is 7.49. The molecule has 16 nitrogen and oxygen atoms in total. The van der Waals surface area contributed by atoms with Crippen LogP contribution in [0.5, 0.6) is 17.2 Å². The zero-order valence-corrected chi connectivity index (χ0v) is 40.0. The molecule has 362 valence electrons. The van der Waals surface area contributed by atoms with Gasteiger partial charge in [0.1, 0.15) is 56.9 Å². The SMILES string of the molecule is C=CC(=O)OCc1ccc(C(C)C)c(OP(=O)(Oc2c(C(C)C)ccc(COC(=O)C=C)c2COC(=O)C=C)Oc2c(C(C)C)ccc(COC(=O)C=C)c2COC(=O)C=C)c1COC(=O)C=C. The van der Waals surface area contributed by atoms with Crippen LogP contribution in [-0.4, -0.2) is 35.8 Å². The van der Waals surface area contributed by atoms with Crippen molar-refractivity contribution in [3.63, 3.8) is 0 Å². The van der Waals surface area contributed by atoms with Gasteiger partial charge < -0.3 is 42.0 Å². The van der Waals surface area contributed by atoms with Crippen LogP contribution in [0, 0.1) is 0 Å². The van der Waals surface area contributed by atoms with Gasteiger partial charge >= 0.3 is 43.6 Å². The van der Waals surface area contributed by atoms with Gasteiger partial charge in [-0.3, -0.25) is 0 Å². The molecule has 0 aliphatic heterocycles. The van der Waals surface area contributed by atoms with Crippen LogP contribution in [-0.2, 0) is 101 Å². The average Bonchev–Trinajstić information content (AvgIpc) is 3.31. The molecule has 0 heterocycles. The lowest BCUT2D eigenvalue weighted by molar-refractivity contribution is -0.140. The van der Waals surface area contributed by atoms with Gasteiger partial charge in [-0.15, -0.1) is 0 Å². The molecule has 0 saturated heterocycles. The van der Waals surface area contributed by atoms with Gasteiger partial charge in [0.15, 0.2) is 0 Å². The molecule has 0 amide bonds. The van der Waals surface area contributed by atoms with E-state index >= 15 is 4.57 Å². The Morgan fingerprint density at radius 1 is 0.397 bits per heavy atom. The molecule has 3 rings (SSSR count). The van der Waals surface area contributed by atoms with Crippen molar-refractivity contribution in [3.8, 4) is 17.2 Å². The van der Waals surface area contributed by atoms with Gasteiger partial charge in [-0.1, -0.05) is 117 Å². The number of phosphoric acid groups is 1. The number of carbonyl (C=O) groups is 6. The molecule has 0 aromatic heterocycles. The molecule has 0 radical (unpaired) electrons. The molecule has 3 aromatic carbocycles. The van der Waals surface area contributed by atoms with Crippen molar-refractivity contribution in [1.82, 2.24) is 0 Å². The van der Waals surface area contributed by atoms with E-state index in [1.165, 1.54) is 0 Å². The third kappa shape index (κ3) is 15.3. The standard InChI is InChI=1S/C51H57O16P/c1-13-43(52)59-25-34-19-22-37(31(7)8)49(40(34)28-62-46(55)16-4)65-68(58,66-50-38(32(9)10)23-20-35(26-60-44(53)14-2)41(50)29-63-47(56)17-5)67-51-39(33(11)12)24-21-36(27-61-45(54)15-3)42(51)30-64-48(57)18-6/h13-24,31-33H,1-6,25-30H2,7-12H3. The first kappa shape index (κ1) is 54.9. The minimum atomic E-state index is -5.37. The molecular weight excluding hydrogens is 900 g/mol. The molecule has 0 unspecified atom stereocenters. The summed E-state index contributed by atoms with van der Waals surface area (Å²) in [6.45, 7) is 28.8. The summed E-state index contributed by atoms with van der Waals surface area (Å²) in [5.74, 6) is -6.54. The fraction of sp³-hybridized carbons (Fsp3) is 0.294. The number of carbonyl (C=O) groups excluding carboxylic acids is 6. The summed E-state index contributed by atoms with van der Waals surface area (Å²) in [5.41, 5.74) is 2.18. The minimum absolute atomic E-state index is 0.0827. The van der Waals surface area contributed by atoms with E-state index in [2.05, 4.69) is 39.5 Å². The fourth-order valence-electron chi connectivity index (χ4n) is 6.25. The Hall–Kier alpha value is -7.45. The van der Waals surface area contributed by atoms with Gasteiger partial charge in [-0.2, -0.15) is 4.57 Å². The maximum absolute atomic E-state index is 16.4. The highest BCUT2D eigenvalue weighted by Gasteiger charge is 2.40. The van der Waals surface area contributed by atoms with Gasteiger partial charge in [0.25, 0.3) is 0 Å².